The molecule has 1 nitrogen and oxygen atoms in total. The van der Waals surface area contributed by atoms with Crippen molar-refractivity contribution in [3.05, 3.63) is 108 Å². The zero-order valence-electron chi connectivity index (χ0n) is 14.7. The van der Waals surface area contributed by atoms with Crippen molar-refractivity contribution in [2.75, 3.05) is 5.32 Å². The number of hydrogen-bond donors (Lipinski definition) is 1. The fourth-order valence-electron chi connectivity index (χ4n) is 2.57. The molecule has 0 saturated heterocycles. The van der Waals surface area contributed by atoms with Crippen LogP contribution in [-0.4, -0.2) is 0 Å². The standard InChI is InChI=1S/C14H15N.C10H8/c1-11-3-7-13(8-4-11)15-14-9-5-12(2)6-10-14;1-2-6-10-8-4-3-7-9(10)5-1/h3-10,15H,1-2H3;1-8H. The number of hydrogen-bond acceptors (Lipinski definition) is 1. The van der Waals surface area contributed by atoms with Gasteiger partial charge >= 0.3 is 0 Å². The molecule has 0 bridgehead atoms. The highest BCUT2D eigenvalue weighted by atomic mass is 14.9. The Bertz CT molecular complexity index is 813. The second-order valence-corrected chi connectivity index (χ2v) is 6.20. The van der Waals surface area contributed by atoms with Gasteiger partial charge in [0.05, 0.1) is 0 Å². The number of anilines is 2. The maximum atomic E-state index is 3.36. The largest absolute Gasteiger partial charge is 0.356 e. The minimum absolute atomic E-state index is 1.13. The van der Waals surface area contributed by atoms with Crippen LogP contribution in [0.3, 0.4) is 0 Å². The second-order valence-electron chi connectivity index (χ2n) is 6.20. The topological polar surface area (TPSA) is 12.0 Å². The average Bonchev–Trinajstić information content (AvgIpc) is 2.66. The Labute approximate surface area is 150 Å². The first-order chi connectivity index (χ1) is 12.2. The van der Waals surface area contributed by atoms with Crippen molar-refractivity contribution in [2.45, 2.75) is 13.8 Å². The molecule has 0 aromatic heterocycles. The molecule has 4 aromatic carbocycles. The van der Waals surface area contributed by atoms with E-state index in [1.54, 1.807) is 0 Å². The molecule has 0 aliphatic carbocycles. The average molecular weight is 325 g/mol. The normalized spacial score (nSPS) is 10.0. The SMILES string of the molecule is Cc1ccc(Nc2ccc(C)cc2)cc1.c1ccc2ccccc2c1. The summed E-state index contributed by atoms with van der Waals surface area (Å²) in [5, 5.41) is 5.98. The van der Waals surface area contributed by atoms with Gasteiger partial charge in [0.2, 0.25) is 0 Å². The Hall–Kier alpha value is -3.06. The van der Waals surface area contributed by atoms with Crippen LogP contribution in [0, 0.1) is 13.8 Å². The van der Waals surface area contributed by atoms with Gasteiger partial charge in [-0.25, -0.2) is 0 Å². The first-order valence-electron chi connectivity index (χ1n) is 8.55. The van der Waals surface area contributed by atoms with Crippen molar-refractivity contribution < 1.29 is 0 Å². The van der Waals surface area contributed by atoms with Crippen molar-refractivity contribution in [3.8, 4) is 0 Å². The highest BCUT2D eigenvalue weighted by Crippen LogP contribution is 2.17. The Morgan fingerprint density at radius 2 is 0.760 bits per heavy atom. The molecule has 0 aliphatic heterocycles. The van der Waals surface area contributed by atoms with E-state index in [-0.39, 0.29) is 0 Å². The molecule has 0 aliphatic rings. The van der Waals surface area contributed by atoms with Crippen LogP contribution in [0.15, 0.2) is 97.1 Å². The summed E-state index contributed by atoms with van der Waals surface area (Å²) in [6, 6.07) is 33.5. The van der Waals surface area contributed by atoms with Crippen molar-refractivity contribution in [1.29, 1.82) is 0 Å². The molecular weight excluding hydrogens is 302 g/mol. The van der Waals surface area contributed by atoms with Crippen LogP contribution in [0.1, 0.15) is 11.1 Å². The predicted octanol–water partition coefficient (Wildman–Crippen LogP) is 6.89. The Morgan fingerprint density at radius 3 is 1.08 bits per heavy atom. The summed E-state index contributed by atoms with van der Waals surface area (Å²) in [5.74, 6) is 0. The van der Waals surface area contributed by atoms with Crippen molar-refractivity contribution in [2.24, 2.45) is 0 Å². The molecule has 25 heavy (non-hydrogen) atoms. The molecular formula is C24H23N. The molecule has 0 saturated carbocycles. The van der Waals surface area contributed by atoms with Crippen molar-refractivity contribution in [1.82, 2.24) is 0 Å². The first-order valence-corrected chi connectivity index (χ1v) is 8.55. The molecule has 0 spiro atoms. The zero-order valence-corrected chi connectivity index (χ0v) is 14.7. The predicted molar refractivity (Wildman–Crippen MR) is 110 cm³/mol. The third-order valence-electron chi connectivity index (χ3n) is 4.05. The quantitative estimate of drug-likeness (QED) is 0.423. The van der Waals surface area contributed by atoms with Gasteiger partial charge < -0.3 is 5.32 Å². The smallest absolute Gasteiger partial charge is 0.0384 e. The molecule has 124 valence electrons. The third kappa shape index (κ3) is 4.95. The van der Waals surface area contributed by atoms with E-state index in [2.05, 4.69) is 116 Å². The van der Waals surface area contributed by atoms with Crippen molar-refractivity contribution >= 4 is 22.1 Å². The third-order valence-corrected chi connectivity index (χ3v) is 4.05. The molecule has 0 radical (unpaired) electrons. The Balaban J connectivity index is 0.000000157. The van der Waals surface area contributed by atoms with Gasteiger partial charge in [-0.15, -0.1) is 0 Å². The Kier molecular flexibility index (Phi) is 5.48. The summed E-state index contributed by atoms with van der Waals surface area (Å²) in [6.07, 6.45) is 0. The highest BCUT2D eigenvalue weighted by molar-refractivity contribution is 5.82. The maximum Gasteiger partial charge on any atom is 0.0384 e. The lowest BCUT2D eigenvalue weighted by molar-refractivity contribution is 1.43. The molecule has 4 aromatic rings. The van der Waals surface area contributed by atoms with Crippen molar-refractivity contribution in [3.63, 3.8) is 0 Å². The fraction of sp³-hybridized carbons (Fsp3) is 0.0833. The lowest BCUT2D eigenvalue weighted by atomic mass is 10.1. The minimum Gasteiger partial charge on any atom is -0.356 e. The highest BCUT2D eigenvalue weighted by Gasteiger charge is 1.93. The molecule has 4 rings (SSSR count). The number of fused-ring (bicyclic) bond motifs is 1. The van der Waals surface area contributed by atoms with E-state index in [1.807, 2.05) is 0 Å². The van der Waals surface area contributed by atoms with E-state index in [0.29, 0.717) is 0 Å². The summed E-state index contributed by atoms with van der Waals surface area (Å²) in [6.45, 7) is 4.19. The van der Waals surface area contributed by atoms with Gasteiger partial charge in [-0.2, -0.15) is 0 Å². The summed E-state index contributed by atoms with van der Waals surface area (Å²) >= 11 is 0. The summed E-state index contributed by atoms with van der Waals surface area (Å²) in [5.41, 5.74) is 4.82. The fourth-order valence-corrected chi connectivity index (χ4v) is 2.57. The van der Waals surface area contributed by atoms with Gasteiger partial charge in [-0.1, -0.05) is 83.9 Å². The first kappa shape index (κ1) is 16.8. The van der Waals surface area contributed by atoms with Gasteiger partial charge in [0.15, 0.2) is 0 Å². The van der Waals surface area contributed by atoms with Crippen LogP contribution < -0.4 is 5.32 Å². The van der Waals surface area contributed by atoms with Gasteiger partial charge in [-0.05, 0) is 48.9 Å². The number of nitrogens with one attached hydrogen (secondary N) is 1. The monoisotopic (exact) mass is 325 g/mol. The summed E-state index contributed by atoms with van der Waals surface area (Å²) in [7, 11) is 0. The molecule has 0 heterocycles. The lowest BCUT2D eigenvalue weighted by Gasteiger charge is -2.06. The zero-order chi connectivity index (χ0) is 17.5. The molecule has 0 atom stereocenters. The van der Waals surface area contributed by atoms with E-state index in [1.165, 1.54) is 21.9 Å². The van der Waals surface area contributed by atoms with Crippen LogP contribution in [0.5, 0.6) is 0 Å². The number of benzene rings is 4. The van der Waals surface area contributed by atoms with E-state index in [0.717, 1.165) is 11.4 Å². The van der Waals surface area contributed by atoms with Crippen LogP contribution in [0.25, 0.3) is 10.8 Å². The molecule has 1 heteroatoms. The molecule has 0 unspecified atom stereocenters. The number of aryl methyl sites for hydroxylation is 2. The van der Waals surface area contributed by atoms with E-state index < -0.39 is 0 Å². The molecule has 1 N–H and O–H groups in total. The van der Waals surface area contributed by atoms with Crippen LogP contribution in [-0.2, 0) is 0 Å². The van der Waals surface area contributed by atoms with Crippen LogP contribution in [0.2, 0.25) is 0 Å². The van der Waals surface area contributed by atoms with Gasteiger partial charge in [-0.3, -0.25) is 0 Å². The summed E-state index contributed by atoms with van der Waals surface area (Å²) < 4.78 is 0. The minimum atomic E-state index is 1.13. The van der Waals surface area contributed by atoms with Gasteiger partial charge in [0, 0.05) is 11.4 Å². The molecule has 0 fully saturated rings. The van der Waals surface area contributed by atoms with Crippen LogP contribution in [0.4, 0.5) is 11.4 Å². The van der Waals surface area contributed by atoms with Gasteiger partial charge in [0.1, 0.15) is 0 Å². The van der Waals surface area contributed by atoms with Crippen LogP contribution >= 0.6 is 0 Å². The number of rotatable bonds is 2. The molecule has 0 amide bonds. The second kappa shape index (κ2) is 8.16. The van der Waals surface area contributed by atoms with Gasteiger partial charge in [0.25, 0.3) is 0 Å². The maximum absolute atomic E-state index is 3.36. The Morgan fingerprint density at radius 1 is 0.440 bits per heavy atom. The van der Waals surface area contributed by atoms with E-state index in [4.69, 9.17) is 0 Å². The summed E-state index contributed by atoms with van der Waals surface area (Å²) in [4.78, 5) is 0. The van der Waals surface area contributed by atoms with E-state index in [9.17, 15) is 0 Å². The van der Waals surface area contributed by atoms with E-state index >= 15 is 0 Å². The lowest BCUT2D eigenvalue weighted by Crippen LogP contribution is -1.89.